The van der Waals surface area contributed by atoms with E-state index >= 15 is 0 Å². The van der Waals surface area contributed by atoms with E-state index in [-0.39, 0.29) is 31.2 Å². The topological polar surface area (TPSA) is 125 Å². The van der Waals surface area contributed by atoms with Gasteiger partial charge in [-0.25, -0.2) is 0 Å². The highest BCUT2D eigenvalue weighted by Gasteiger charge is 2.07. The minimum Gasteiger partial charge on any atom is -0.481 e. The van der Waals surface area contributed by atoms with E-state index in [0.29, 0.717) is 25.8 Å². The number of aliphatic carboxylic acids is 1. The smallest absolute Gasteiger partial charge is 0.303 e. The zero-order valence-corrected chi connectivity index (χ0v) is 11.5. The van der Waals surface area contributed by atoms with Crippen LogP contribution in [0.25, 0.3) is 0 Å². The minimum atomic E-state index is -1.05. The fourth-order valence-corrected chi connectivity index (χ4v) is 1.31. The molecule has 0 aliphatic carbocycles. The molecule has 0 saturated heterocycles. The molecule has 3 amide bonds. The van der Waals surface area contributed by atoms with Crippen molar-refractivity contribution in [3.8, 4) is 0 Å². The van der Waals surface area contributed by atoms with Gasteiger partial charge >= 0.3 is 5.97 Å². The van der Waals surface area contributed by atoms with Crippen LogP contribution in [-0.2, 0) is 19.2 Å². The summed E-state index contributed by atoms with van der Waals surface area (Å²) in [6, 6.07) is 0. The lowest BCUT2D eigenvalue weighted by Gasteiger charge is -2.06. The summed E-state index contributed by atoms with van der Waals surface area (Å²) in [7, 11) is 1.57. The molecule has 20 heavy (non-hydrogen) atoms. The summed E-state index contributed by atoms with van der Waals surface area (Å²) < 4.78 is 0. The lowest BCUT2D eigenvalue weighted by molar-refractivity contribution is -0.138. The molecule has 114 valence electrons. The first-order chi connectivity index (χ1) is 9.45. The van der Waals surface area contributed by atoms with Crippen molar-refractivity contribution >= 4 is 23.7 Å². The SMILES string of the molecule is CNC(=O)CCCCNC(=O)CNC(=O)CCC(=O)O. The molecule has 0 spiro atoms. The van der Waals surface area contributed by atoms with Crippen molar-refractivity contribution in [2.75, 3.05) is 20.1 Å². The van der Waals surface area contributed by atoms with Gasteiger partial charge in [-0.2, -0.15) is 0 Å². The summed E-state index contributed by atoms with van der Waals surface area (Å²) in [5.74, 6) is -1.90. The molecule has 0 bridgehead atoms. The third-order valence-electron chi connectivity index (χ3n) is 2.44. The highest BCUT2D eigenvalue weighted by atomic mass is 16.4. The second kappa shape index (κ2) is 10.8. The second-order valence-electron chi connectivity index (χ2n) is 4.15. The Bertz CT molecular complexity index is 357. The zero-order valence-electron chi connectivity index (χ0n) is 11.5. The van der Waals surface area contributed by atoms with E-state index < -0.39 is 11.9 Å². The quantitative estimate of drug-likeness (QED) is 0.384. The Morgan fingerprint density at radius 2 is 1.55 bits per heavy atom. The highest BCUT2D eigenvalue weighted by Crippen LogP contribution is 1.93. The molecule has 0 heterocycles. The number of nitrogens with one attached hydrogen (secondary N) is 3. The van der Waals surface area contributed by atoms with Crippen molar-refractivity contribution in [2.45, 2.75) is 32.1 Å². The van der Waals surface area contributed by atoms with Gasteiger partial charge in [-0.05, 0) is 12.8 Å². The molecule has 0 atom stereocenters. The van der Waals surface area contributed by atoms with Crippen LogP contribution in [0.2, 0.25) is 0 Å². The van der Waals surface area contributed by atoms with E-state index in [0.717, 1.165) is 0 Å². The van der Waals surface area contributed by atoms with Crippen LogP contribution in [0, 0.1) is 0 Å². The van der Waals surface area contributed by atoms with Gasteiger partial charge in [0.15, 0.2) is 0 Å². The number of rotatable bonds is 10. The fourth-order valence-electron chi connectivity index (χ4n) is 1.31. The number of hydrogen-bond donors (Lipinski definition) is 4. The molecule has 0 aromatic carbocycles. The van der Waals surface area contributed by atoms with Gasteiger partial charge in [0, 0.05) is 26.4 Å². The molecule has 8 heteroatoms. The summed E-state index contributed by atoms with van der Waals surface area (Å²) >= 11 is 0. The van der Waals surface area contributed by atoms with Crippen LogP contribution in [0.4, 0.5) is 0 Å². The van der Waals surface area contributed by atoms with Gasteiger partial charge in [0.2, 0.25) is 17.7 Å². The molecule has 0 aliphatic rings. The van der Waals surface area contributed by atoms with Gasteiger partial charge in [0.25, 0.3) is 0 Å². The summed E-state index contributed by atoms with van der Waals surface area (Å²) in [6.45, 7) is 0.259. The first kappa shape index (κ1) is 17.9. The number of hydrogen-bond acceptors (Lipinski definition) is 4. The predicted molar refractivity (Wildman–Crippen MR) is 70.8 cm³/mol. The van der Waals surface area contributed by atoms with Crippen molar-refractivity contribution in [3.05, 3.63) is 0 Å². The lowest BCUT2D eigenvalue weighted by Crippen LogP contribution is -2.37. The molecule has 0 unspecified atom stereocenters. The predicted octanol–water partition coefficient (Wildman–Crippen LogP) is -1.00. The van der Waals surface area contributed by atoms with Crippen LogP contribution in [0.1, 0.15) is 32.1 Å². The first-order valence-electron chi connectivity index (χ1n) is 6.41. The van der Waals surface area contributed by atoms with Crippen LogP contribution in [0.3, 0.4) is 0 Å². The van der Waals surface area contributed by atoms with E-state index in [1.807, 2.05) is 0 Å². The number of carboxylic acid groups (broad SMARTS) is 1. The third kappa shape index (κ3) is 11.0. The normalized spacial score (nSPS) is 9.65. The van der Waals surface area contributed by atoms with Crippen molar-refractivity contribution in [1.82, 2.24) is 16.0 Å². The van der Waals surface area contributed by atoms with Gasteiger partial charge in [-0.1, -0.05) is 0 Å². The molecule has 0 rings (SSSR count). The molecule has 0 radical (unpaired) electrons. The van der Waals surface area contributed by atoms with Crippen molar-refractivity contribution in [1.29, 1.82) is 0 Å². The Balaban J connectivity index is 3.52. The van der Waals surface area contributed by atoms with Crippen LogP contribution in [0.15, 0.2) is 0 Å². The molecule has 0 aliphatic heterocycles. The molecule has 4 N–H and O–H groups in total. The van der Waals surface area contributed by atoms with Crippen molar-refractivity contribution in [2.24, 2.45) is 0 Å². The summed E-state index contributed by atoms with van der Waals surface area (Å²) in [5.41, 5.74) is 0. The number of carbonyl (C=O) groups is 4. The van der Waals surface area contributed by atoms with Crippen LogP contribution in [-0.4, -0.2) is 48.9 Å². The fraction of sp³-hybridized carbons (Fsp3) is 0.667. The summed E-state index contributed by atoms with van der Waals surface area (Å²) in [4.78, 5) is 43.6. The first-order valence-corrected chi connectivity index (χ1v) is 6.41. The Kier molecular flexibility index (Phi) is 9.63. The average molecular weight is 287 g/mol. The largest absolute Gasteiger partial charge is 0.481 e. The van der Waals surface area contributed by atoms with Crippen molar-refractivity contribution in [3.63, 3.8) is 0 Å². The summed E-state index contributed by atoms with van der Waals surface area (Å²) in [6.07, 6.45) is 1.36. The number of carboxylic acids is 1. The lowest BCUT2D eigenvalue weighted by atomic mass is 10.2. The van der Waals surface area contributed by atoms with Gasteiger partial charge < -0.3 is 21.1 Å². The Morgan fingerprint density at radius 3 is 2.15 bits per heavy atom. The van der Waals surface area contributed by atoms with Crippen LogP contribution >= 0.6 is 0 Å². The highest BCUT2D eigenvalue weighted by molar-refractivity contribution is 5.86. The van der Waals surface area contributed by atoms with Gasteiger partial charge in [-0.15, -0.1) is 0 Å². The number of unbranched alkanes of at least 4 members (excludes halogenated alkanes) is 1. The maximum absolute atomic E-state index is 11.3. The molecule has 0 aromatic rings. The van der Waals surface area contributed by atoms with E-state index in [9.17, 15) is 19.2 Å². The summed E-state index contributed by atoms with van der Waals surface area (Å²) in [5, 5.41) is 15.8. The molecule has 0 saturated carbocycles. The number of carbonyl (C=O) groups excluding carboxylic acids is 3. The molecule has 8 nitrogen and oxygen atoms in total. The van der Waals surface area contributed by atoms with E-state index in [2.05, 4.69) is 16.0 Å². The van der Waals surface area contributed by atoms with Gasteiger partial charge in [-0.3, -0.25) is 19.2 Å². The molecule has 0 fully saturated rings. The molecular weight excluding hydrogens is 266 g/mol. The van der Waals surface area contributed by atoms with E-state index in [4.69, 9.17) is 5.11 Å². The standard InChI is InChI=1S/C12H21N3O5/c1-13-9(16)4-2-3-7-14-11(18)8-15-10(17)5-6-12(19)20/h2-8H2,1H3,(H,13,16)(H,14,18)(H,15,17)(H,19,20). The Hall–Kier alpha value is -2.12. The van der Waals surface area contributed by atoms with Gasteiger partial charge in [0.1, 0.15) is 0 Å². The second-order valence-corrected chi connectivity index (χ2v) is 4.15. The maximum atomic E-state index is 11.3. The Labute approximate surface area is 117 Å². The van der Waals surface area contributed by atoms with Crippen molar-refractivity contribution < 1.29 is 24.3 Å². The minimum absolute atomic E-state index is 0.0398. The Morgan fingerprint density at radius 1 is 0.850 bits per heavy atom. The number of amides is 3. The van der Waals surface area contributed by atoms with E-state index in [1.54, 1.807) is 7.05 Å². The average Bonchev–Trinajstić information content (AvgIpc) is 2.42. The molecular formula is C12H21N3O5. The van der Waals surface area contributed by atoms with E-state index in [1.165, 1.54) is 0 Å². The van der Waals surface area contributed by atoms with Gasteiger partial charge in [0.05, 0.1) is 13.0 Å². The van der Waals surface area contributed by atoms with Crippen LogP contribution in [0.5, 0.6) is 0 Å². The maximum Gasteiger partial charge on any atom is 0.303 e. The third-order valence-corrected chi connectivity index (χ3v) is 2.44. The molecule has 0 aromatic heterocycles. The zero-order chi connectivity index (χ0) is 15.4. The monoisotopic (exact) mass is 287 g/mol. The van der Waals surface area contributed by atoms with Crippen LogP contribution < -0.4 is 16.0 Å².